The molecule has 7 nitrogen and oxygen atoms in total. The minimum Gasteiger partial charge on any atom is -0.406 e. The summed E-state index contributed by atoms with van der Waals surface area (Å²) in [7, 11) is 0. The Morgan fingerprint density at radius 2 is 2.00 bits per heavy atom. The van der Waals surface area contributed by atoms with Gasteiger partial charge in [-0.25, -0.2) is 4.98 Å². The molecule has 144 valence electrons. The molecule has 0 spiro atoms. The van der Waals surface area contributed by atoms with Crippen LogP contribution < -0.4 is 15.4 Å². The molecule has 1 aromatic heterocycles. The summed E-state index contributed by atoms with van der Waals surface area (Å²) in [6.45, 7) is 0. The average Bonchev–Trinajstić information content (AvgIpc) is 3.09. The second kappa shape index (κ2) is 6.55. The van der Waals surface area contributed by atoms with Crippen molar-refractivity contribution < 1.29 is 27.5 Å². The molecule has 0 unspecified atom stereocenters. The molecule has 1 aliphatic heterocycles. The Kier molecular flexibility index (Phi) is 4.17. The number of halogens is 3. The van der Waals surface area contributed by atoms with Crippen LogP contribution in [0.2, 0.25) is 0 Å². The van der Waals surface area contributed by atoms with Gasteiger partial charge in [0.15, 0.2) is 0 Å². The zero-order valence-corrected chi connectivity index (χ0v) is 14.2. The highest BCUT2D eigenvalue weighted by atomic mass is 19.4. The number of hydrogen-bond acceptors (Lipinski definition) is 4. The zero-order valence-electron chi connectivity index (χ0n) is 14.2. The molecule has 10 heteroatoms. The summed E-state index contributed by atoms with van der Waals surface area (Å²) < 4.78 is 42.4. The van der Waals surface area contributed by atoms with E-state index in [1.165, 1.54) is 12.1 Å². The van der Waals surface area contributed by atoms with Gasteiger partial charge in [0.2, 0.25) is 17.8 Å². The quantitative estimate of drug-likeness (QED) is 0.715. The summed E-state index contributed by atoms with van der Waals surface area (Å²) in [4.78, 5) is 28.9. The maximum Gasteiger partial charge on any atom is 0.573 e. The molecule has 0 saturated heterocycles. The van der Waals surface area contributed by atoms with E-state index >= 15 is 0 Å². The molecule has 1 aliphatic rings. The van der Waals surface area contributed by atoms with Crippen LogP contribution >= 0.6 is 0 Å². The molecule has 0 fully saturated rings. The number of anilines is 2. The first kappa shape index (κ1) is 17.8. The summed E-state index contributed by atoms with van der Waals surface area (Å²) >= 11 is 0. The largest absolute Gasteiger partial charge is 0.573 e. The number of nitrogens with one attached hydrogen (secondary N) is 2. The Morgan fingerprint density at radius 3 is 2.79 bits per heavy atom. The van der Waals surface area contributed by atoms with Crippen LogP contribution in [0.25, 0.3) is 11.0 Å². The first-order valence-electron chi connectivity index (χ1n) is 8.24. The molecule has 3 aromatic rings. The summed E-state index contributed by atoms with van der Waals surface area (Å²) in [6, 6.07) is 11.3. The third kappa shape index (κ3) is 3.48. The number of alkyl halides is 3. The van der Waals surface area contributed by atoms with Crippen molar-refractivity contribution in [3.63, 3.8) is 0 Å². The van der Waals surface area contributed by atoms with Crippen LogP contribution in [0.3, 0.4) is 0 Å². The van der Waals surface area contributed by atoms with Gasteiger partial charge in [-0.1, -0.05) is 18.2 Å². The summed E-state index contributed by atoms with van der Waals surface area (Å²) in [5.41, 5.74) is 1.51. The predicted molar refractivity (Wildman–Crippen MR) is 93.8 cm³/mol. The monoisotopic (exact) mass is 390 g/mol. The van der Waals surface area contributed by atoms with Crippen molar-refractivity contribution in [2.24, 2.45) is 0 Å². The van der Waals surface area contributed by atoms with Crippen LogP contribution in [0, 0.1) is 0 Å². The van der Waals surface area contributed by atoms with Gasteiger partial charge in [0, 0.05) is 11.8 Å². The van der Waals surface area contributed by atoms with Crippen LogP contribution in [0.1, 0.15) is 12.5 Å². The second-order valence-electron chi connectivity index (χ2n) is 6.13. The number of nitrogens with zero attached hydrogens (tertiary/aromatic N) is 2. The Bertz CT molecular complexity index is 1080. The van der Waals surface area contributed by atoms with Gasteiger partial charge in [0.1, 0.15) is 11.8 Å². The lowest BCUT2D eigenvalue weighted by molar-refractivity contribution is -0.274. The fourth-order valence-corrected chi connectivity index (χ4v) is 3.10. The average molecular weight is 390 g/mol. The number of hydrogen-bond donors (Lipinski definition) is 2. The summed E-state index contributed by atoms with van der Waals surface area (Å²) in [6.07, 6.45) is -5.03. The van der Waals surface area contributed by atoms with Crippen molar-refractivity contribution in [3.8, 4) is 5.75 Å². The SMILES string of the molecule is O=C(C[C@H]1C(=O)Nc2nc3ccccc3n21)Nc1cccc(OC(F)(F)F)c1. The van der Waals surface area contributed by atoms with Crippen LogP contribution in [-0.2, 0) is 9.59 Å². The van der Waals surface area contributed by atoms with Gasteiger partial charge in [0.05, 0.1) is 17.5 Å². The minimum atomic E-state index is -4.83. The molecular weight excluding hydrogens is 377 g/mol. The number of ether oxygens (including phenoxy) is 1. The van der Waals surface area contributed by atoms with Gasteiger partial charge in [-0.15, -0.1) is 13.2 Å². The lowest BCUT2D eigenvalue weighted by Crippen LogP contribution is -2.23. The molecule has 28 heavy (non-hydrogen) atoms. The highest BCUT2D eigenvalue weighted by Crippen LogP contribution is 2.32. The standard InChI is InChI=1S/C18H13F3N4O3/c19-18(20,21)28-11-5-3-4-10(8-11)22-15(26)9-14-16(27)24-17-23-12-6-1-2-7-13(12)25(14)17/h1-8,14H,9H2,(H,22,26)(H,23,24,27)/t14-/m0/s1. The van der Waals surface area contributed by atoms with Crippen LogP contribution in [0.15, 0.2) is 48.5 Å². The Morgan fingerprint density at radius 1 is 1.21 bits per heavy atom. The third-order valence-corrected chi connectivity index (χ3v) is 4.18. The molecule has 0 aliphatic carbocycles. The third-order valence-electron chi connectivity index (χ3n) is 4.18. The van der Waals surface area contributed by atoms with Crippen molar-refractivity contribution in [1.29, 1.82) is 0 Å². The molecule has 2 N–H and O–H groups in total. The van der Waals surface area contributed by atoms with E-state index in [4.69, 9.17) is 0 Å². The topological polar surface area (TPSA) is 85.2 Å². The van der Waals surface area contributed by atoms with E-state index in [0.29, 0.717) is 17.0 Å². The Balaban J connectivity index is 1.51. The minimum absolute atomic E-state index is 0.126. The molecule has 0 radical (unpaired) electrons. The molecule has 0 saturated carbocycles. The van der Waals surface area contributed by atoms with Gasteiger partial charge < -0.3 is 10.1 Å². The molecule has 1 atom stereocenters. The van der Waals surface area contributed by atoms with E-state index in [0.717, 1.165) is 12.1 Å². The number of imidazole rings is 1. The number of carbonyl (C=O) groups excluding carboxylic acids is 2. The van der Waals surface area contributed by atoms with Crippen molar-refractivity contribution in [3.05, 3.63) is 48.5 Å². The van der Waals surface area contributed by atoms with Crippen molar-refractivity contribution in [1.82, 2.24) is 9.55 Å². The predicted octanol–water partition coefficient (Wildman–Crippen LogP) is 3.46. The zero-order chi connectivity index (χ0) is 19.9. The van der Waals surface area contributed by atoms with Gasteiger partial charge in [0.25, 0.3) is 0 Å². The molecule has 2 amide bonds. The number of carbonyl (C=O) groups is 2. The van der Waals surface area contributed by atoms with Crippen LogP contribution in [0.5, 0.6) is 5.75 Å². The molecule has 2 aromatic carbocycles. The van der Waals surface area contributed by atoms with Crippen molar-refractivity contribution >= 4 is 34.5 Å². The summed E-state index contributed by atoms with van der Waals surface area (Å²) in [5.74, 6) is -1.01. The number of aromatic nitrogens is 2. The van der Waals surface area contributed by atoms with Gasteiger partial charge in [-0.3, -0.25) is 19.5 Å². The van der Waals surface area contributed by atoms with Crippen LogP contribution in [0.4, 0.5) is 24.8 Å². The highest BCUT2D eigenvalue weighted by molar-refractivity contribution is 6.03. The van der Waals surface area contributed by atoms with E-state index in [1.807, 2.05) is 6.07 Å². The first-order valence-corrected chi connectivity index (χ1v) is 8.24. The van der Waals surface area contributed by atoms with E-state index in [9.17, 15) is 22.8 Å². The smallest absolute Gasteiger partial charge is 0.406 e. The first-order chi connectivity index (χ1) is 13.3. The van der Waals surface area contributed by atoms with Crippen LogP contribution in [-0.4, -0.2) is 27.7 Å². The molecular formula is C18H13F3N4O3. The molecule has 4 rings (SSSR count). The summed E-state index contributed by atoms with van der Waals surface area (Å²) in [5, 5.41) is 5.12. The van der Waals surface area contributed by atoms with E-state index in [1.54, 1.807) is 22.8 Å². The van der Waals surface area contributed by atoms with Gasteiger partial charge >= 0.3 is 6.36 Å². The van der Waals surface area contributed by atoms with Crippen molar-refractivity contribution in [2.75, 3.05) is 10.6 Å². The molecule has 2 heterocycles. The highest BCUT2D eigenvalue weighted by Gasteiger charge is 2.35. The lowest BCUT2D eigenvalue weighted by atomic mass is 10.1. The lowest BCUT2D eigenvalue weighted by Gasteiger charge is -2.13. The van der Waals surface area contributed by atoms with E-state index < -0.39 is 24.1 Å². The number of para-hydroxylation sites is 2. The fraction of sp³-hybridized carbons (Fsp3) is 0.167. The Hall–Kier alpha value is -3.56. The number of fused-ring (bicyclic) bond motifs is 3. The number of rotatable bonds is 4. The maximum absolute atomic E-state index is 12.4. The van der Waals surface area contributed by atoms with Gasteiger partial charge in [-0.2, -0.15) is 0 Å². The second-order valence-corrected chi connectivity index (χ2v) is 6.13. The molecule has 0 bridgehead atoms. The Labute approximate surface area is 156 Å². The number of benzene rings is 2. The number of amides is 2. The maximum atomic E-state index is 12.4. The van der Waals surface area contributed by atoms with Gasteiger partial charge in [-0.05, 0) is 24.3 Å². The van der Waals surface area contributed by atoms with Crippen molar-refractivity contribution in [2.45, 2.75) is 18.8 Å². The fourth-order valence-electron chi connectivity index (χ4n) is 3.10. The van der Waals surface area contributed by atoms with E-state index in [2.05, 4.69) is 20.4 Å². The normalized spacial score (nSPS) is 16.0. The van der Waals surface area contributed by atoms with E-state index in [-0.39, 0.29) is 18.0 Å².